The summed E-state index contributed by atoms with van der Waals surface area (Å²) in [6.45, 7) is 2.17. The maximum absolute atomic E-state index is 13.0. The first-order valence-corrected chi connectivity index (χ1v) is 6.13. The molecule has 0 aliphatic carbocycles. The second-order valence-corrected chi connectivity index (χ2v) is 4.63. The summed E-state index contributed by atoms with van der Waals surface area (Å²) in [6.07, 6.45) is 3.65. The highest BCUT2D eigenvalue weighted by Gasteiger charge is 2.10. The lowest BCUT2D eigenvalue weighted by Crippen LogP contribution is -2.39. The fourth-order valence-corrected chi connectivity index (χ4v) is 1.76. The summed E-state index contributed by atoms with van der Waals surface area (Å²) in [7, 11) is 0. The van der Waals surface area contributed by atoms with Gasteiger partial charge in [0.15, 0.2) is 12.4 Å². The number of amides is 1. The van der Waals surface area contributed by atoms with Crippen molar-refractivity contribution in [2.45, 2.75) is 13.5 Å². The van der Waals surface area contributed by atoms with E-state index in [4.69, 9.17) is 11.6 Å². The molecule has 5 heteroatoms. The monoisotopic (exact) mass is 279 g/mol. The zero-order chi connectivity index (χ0) is 13.8. The molecule has 1 aromatic carbocycles. The van der Waals surface area contributed by atoms with Crippen LogP contribution in [0.2, 0.25) is 5.02 Å². The Morgan fingerprint density at radius 1 is 1.32 bits per heavy atom. The molecule has 2 rings (SSSR count). The third-order valence-corrected chi connectivity index (χ3v) is 2.88. The summed E-state index contributed by atoms with van der Waals surface area (Å²) in [4.78, 5) is 11.8. The number of carbonyl (C=O) groups excluding carboxylic acids is 1. The molecular formula is C14H13ClFN2O+. The van der Waals surface area contributed by atoms with E-state index in [9.17, 15) is 9.18 Å². The molecule has 0 radical (unpaired) electrons. The van der Waals surface area contributed by atoms with Gasteiger partial charge in [0.2, 0.25) is 6.54 Å². The number of pyridine rings is 1. The Balaban J connectivity index is 2.01. The molecule has 1 N–H and O–H groups in total. The van der Waals surface area contributed by atoms with Gasteiger partial charge in [-0.05, 0) is 30.7 Å². The van der Waals surface area contributed by atoms with Crippen molar-refractivity contribution in [1.82, 2.24) is 0 Å². The van der Waals surface area contributed by atoms with Crippen molar-refractivity contribution in [3.05, 3.63) is 59.1 Å². The number of aryl methyl sites for hydroxylation is 1. The number of nitrogens with one attached hydrogen (secondary N) is 1. The Morgan fingerprint density at radius 3 is 2.63 bits per heavy atom. The van der Waals surface area contributed by atoms with Crippen LogP contribution in [0, 0.1) is 12.7 Å². The van der Waals surface area contributed by atoms with E-state index >= 15 is 0 Å². The minimum atomic E-state index is -0.507. The standard InChI is InChI=1S/C14H12ClFN2O/c1-10-4-6-18(7-5-10)9-14(19)17-11-2-3-13(16)12(15)8-11/h2-8H,9H2,1H3/p+1. The highest BCUT2D eigenvalue weighted by atomic mass is 35.5. The topological polar surface area (TPSA) is 33.0 Å². The Labute approximate surface area is 115 Å². The highest BCUT2D eigenvalue weighted by molar-refractivity contribution is 6.31. The summed E-state index contributed by atoms with van der Waals surface area (Å²) in [5.41, 5.74) is 1.60. The van der Waals surface area contributed by atoms with E-state index < -0.39 is 5.82 Å². The zero-order valence-electron chi connectivity index (χ0n) is 10.4. The summed E-state index contributed by atoms with van der Waals surface area (Å²) < 4.78 is 14.7. The molecule has 19 heavy (non-hydrogen) atoms. The van der Waals surface area contributed by atoms with Crippen LogP contribution in [0.15, 0.2) is 42.7 Å². The number of benzene rings is 1. The van der Waals surface area contributed by atoms with Gasteiger partial charge in [-0.2, -0.15) is 4.57 Å². The first-order chi connectivity index (χ1) is 9.04. The summed E-state index contributed by atoms with van der Waals surface area (Å²) in [6, 6.07) is 7.91. The summed E-state index contributed by atoms with van der Waals surface area (Å²) in [5.74, 6) is -0.705. The second kappa shape index (κ2) is 5.80. The molecule has 0 fully saturated rings. The van der Waals surface area contributed by atoms with Crippen molar-refractivity contribution in [3.63, 3.8) is 0 Å². The summed E-state index contributed by atoms with van der Waals surface area (Å²) >= 11 is 5.64. The minimum absolute atomic E-state index is 0.0132. The first kappa shape index (κ1) is 13.5. The SMILES string of the molecule is Cc1cc[n+](CC(=O)Nc2ccc(F)c(Cl)c2)cc1. The number of hydrogen-bond acceptors (Lipinski definition) is 1. The lowest BCUT2D eigenvalue weighted by molar-refractivity contribution is -0.684. The number of halogens is 2. The Morgan fingerprint density at radius 2 is 2.00 bits per heavy atom. The highest BCUT2D eigenvalue weighted by Crippen LogP contribution is 2.19. The molecule has 0 bridgehead atoms. The van der Waals surface area contributed by atoms with Crippen molar-refractivity contribution < 1.29 is 13.8 Å². The molecular weight excluding hydrogens is 267 g/mol. The normalized spacial score (nSPS) is 10.3. The van der Waals surface area contributed by atoms with Crippen LogP contribution in [-0.2, 0) is 11.3 Å². The lowest BCUT2D eigenvalue weighted by atomic mass is 10.3. The quantitative estimate of drug-likeness (QED) is 0.861. The second-order valence-electron chi connectivity index (χ2n) is 4.22. The van der Waals surface area contributed by atoms with Crippen LogP contribution < -0.4 is 9.88 Å². The molecule has 0 saturated carbocycles. The van der Waals surface area contributed by atoms with E-state index in [2.05, 4.69) is 5.32 Å². The van der Waals surface area contributed by atoms with Crippen LogP contribution in [0.5, 0.6) is 0 Å². The maximum atomic E-state index is 13.0. The largest absolute Gasteiger partial charge is 0.321 e. The van der Waals surface area contributed by atoms with E-state index in [0.717, 1.165) is 5.56 Å². The van der Waals surface area contributed by atoms with Crippen molar-refractivity contribution >= 4 is 23.2 Å². The molecule has 0 unspecified atom stereocenters. The van der Waals surface area contributed by atoms with Crippen LogP contribution in [0.25, 0.3) is 0 Å². The van der Waals surface area contributed by atoms with Gasteiger partial charge in [0.05, 0.1) is 5.02 Å². The Bertz CT molecular complexity index is 599. The van der Waals surface area contributed by atoms with E-state index in [0.29, 0.717) is 5.69 Å². The first-order valence-electron chi connectivity index (χ1n) is 5.75. The van der Waals surface area contributed by atoms with Gasteiger partial charge in [0, 0.05) is 17.8 Å². The van der Waals surface area contributed by atoms with Crippen LogP contribution in [0.1, 0.15) is 5.56 Å². The molecule has 2 aromatic rings. The number of nitrogens with zero attached hydrogens (tertiary/aromatic N) is 1. The predicted octanol–water partition coefficient (Wildman–Crippen LogP) is 2.71. The molecule has 0 atom stereocenters. The van der Waals surface area contributed by atoms with Crippen LogP contribution in [0.3, 0.4) is 0 Å². The van der Waals surface area contributed by atoms with Crippen molar-refractivity contribution in [2.24, 2.45) is 0 Å². The van der Waals surface area contributed by atoms with Gasteiger partial charge < -0.3 is 5.32 Å². The van der Waals surface area contributed by atoms with Gasteiger partial charge in [0.25, 0.3) is 5.91 Å². The lowest BCUT2D eigenvalue weighted by Gasteiger charge is -2.04. The number of aromatic nitrogens is 1. The number of hydrogen-bond donors (Lipinski definition) is 1. The molecule has 0 spiro atoms. The predicted molar refractivity (Wildman–Crippen MR) is 71.4 cm³/mol. The van der Waals surface area contributed by atoms with E-state index in [1.165, 1.54) is 18.2 Å². The van der Waals surface area contributed by atoms with E-state index in [1.807, 2.05) is 31.5 Å². The fraction of sp³-hybridized carbons (Fsp3) is 0.143. The molecule has 0 saturated heterocycles. The number of anilines is 1. The third kappa shape index (κ3) is 3.76. The molecule has 1 aromatic heterocycles. The van der Waals surface area contributed by atoms with Gasteiger partial charge in [-0.3, -0.25) is 4.79 Å². The number of rotatable bonds is 3. The number of carbonyl (C=O) groups is 1. The Hall–Kier alpha value is -1.94. The molecule has 0 aliphatic heterocycles. The molecule has 1 heterocycles. The van der Waals surface area contributed by atoms with E-state index in [-0.39, 0.29) is 17.5 Å². The average Bonchev–Trinajstić information content (AvgIpc) is 2.37. The van der Waals surface area contributed by atoms with Gasteiger partial charge in [-0.1, -0.05) is 11.6 Å². The molecule has 1 amide bonds. The smallest absolute Gasteiger partial charge is 0.290 e. The maximum Gasteiger partial charge on any atom is 0.290 e. The average molecular weight is 280 g/mol. The molecule has 0 aliphatic rings. The molecule has 98 valence electrons. The van der Waals surface area contributed by atoms with Gasteiger partial charge in [-0.15, -0.1) is 0 Å². The van der Waals surface area contributed by atoms with Crippen LogP contribution in [0.4, 0.5) is 10.1 Å². The Kier molecular flexibility index (Phi) is 4.12. The minimum Gasteiger partial charge on any atom is -0.321 e. The zero-order valence-corrected chi connectivity index (χ0v) is 11.1. The fourth-order valence-electron chi connectivity index (χ4n) is 1.58. The van der Waals surface area contributed by atoms with Crippen molar-refractivity contribution in [2.75, 3.05) is 5.32 Å². The summed E-state index contributed by atoms with van der Waals surface area (Å²) in [5, 5.41) is 2.65. The van der Waals surface area contributed by atoms with Gasteiger partial charge in [-0.25, -0.2) is 4.39 Å². The molecule has 3 nitrogen and oxygen atoms in total. The van der Waals surface area contributed by atoms with Gasteiger partial charge >= 0.3 is 0 Å². The third-order valence-electron chi connectivity index (χ3n) is 2.59. The van der Waals surface area contributed by atoms with Gasteiger partial charge in [0.1, 0.15) is 5.82 Å². The van der Waals surface area contributed by atoms with Crippen molar-refractivity contribution in [3.8, 4) is 0 Å². The van der Waals surface area contributed by atoms with Crippen LogP contribution >= 0.6 is 11.6 Å². The van der Waals surface area contributed by atoms with Crippen molar-refractivity contribution in [1.29, 1.82) is 0 Å². The van der Waals surface area contributed by atoms with E-state index in [1.54, 1.807) is 4.57 Å². The van der Waals surface area contributed by atoms with Crippen LogP contribution in [-0.4, -0.2) is 5.91 Å².